The van der Waals surface area contributed by atoms with Crippen molar-refractivity contribution in [2.24, 2.45) is 0 Å². The summed E-state index contributed by atoms with van der Waals surface area (Å²) in [6.45, 7) is 2.42. The molecule has 35 heavy (non-hydrogen) atoms. The van der Waals surface area contributed by atoms with Crippen LogP contribution in [0.1, 0.15) is 28.2 Å². The van der Waals surface area contributed by atoms with Crippen LogP contribution in [0.4, 0.5) is 16.0 Å². The van der Waals surface area contributed by atoms with Gasteiger partial charge >= 0.3 is 0 Å². The molecule has 1 aliphatic carbocycles. The van der Waals surface area contributed by atoms with Crippen LogP contribution < -0.4 is 10.6 Å². The number of hydrogen-bond donors (Lipinski definition) is 2. The van der Waals surface area contributed by atoms with Gasteiger partial charge in [0.2, 0.25) is 5.95 Å². The molecule has 1 atom stereocenters. The van der Waals surface area contributed by atoms with E-state index in [-0.39, 0.29) is 11.7 Å². The van der Waals surface area contributed by atoms with Gasteiger partial charge in [-0.1, -0.05) is 54.6 Å². The predicted octanol–water partition coefficient (Wildman–Crippen LogP) is 6.21. The van der Waals surface area contributed by atoms with Crippen LogP contribution in [0.25, 0.3) is 11.3 Å². The summed E-state index contributed by atoms with van der Waals surface area (Å²) in [7, 11) is 0. The first-order valence-electron chi connectivity index (χ1n) is 11.7. The van der Waals surface area contributed by atoms with Crippen LogP contribution in [0.5, 0.6) is 0 Å². The molecule has 0 fully saturated rings. The second-order valence-corrected chi connectivity index (χ2v) is 9.19. The molecule has 7 heteroatoms. The molecule has 0 amide bonds. The van der Waals surface area contributed by atoms with Crippen LogP contribution in [0.2, 0.25) is 0 Å². The van der Waals surface area contributed by atoms with Crippen LogP contribution in [-0.2, 0) is 15.9 Å². The van der Waals surface area contributed by atoms with Crippen molar-refractivity contribution in [3.63, 3.8) is 0 Å². The van der Waals surface area contributed by atoms with Crippen LogP contribution >= 0.6 is 23.0 Å². The molecule has 0 spiro atoms. The van der Waals surface area contributed by atoms with Gasteiger partial charge in [0, 0.05) is 29.9 Å². The number of nitrogens with one attached hydrogen (secondary N) is 2. The average Bonchev–Trinajstić information content (AvgIpc) is 2.89. The van der Waals surface area contributed by atoms with E-state index in [0.29, 0.717) is 24.5 Å². The Morgan fingerprint density at radius 1 is 0.971 bits per heavy atom. The van der Waals surface area contributed by atoms with Gasteiger partial charge in [-0.15, -0.1) is 0 Å². The van der Waals surface area contributed by atoms with Crippen molar-refractivity contribution in [3.8, 4) is 11.3 Å². The van der Waals surface area contributed by atoms with E-state index in [2.05, 4.69) is 39.9 Å². The molecule has 3 aromatic carbocycles. The van der Waals surface area contributed by atoms with Gasteiger partial charge in [0.05, 0.1) is 12.3 Å². The van der Waals surface area contributed by atoms with Gasteiger partial charge < -0.3 is 13.7 Å². The third-order valence-electron chi connectivity index (χ3n) is 6.29. The number of benzene rings is 3. The Labute approximate surface area is 218 Å². The number of rotatable bonds is 9. The maximum atomic E-state index is 14.7. The highest BCUT2D eigenvalue weighted by atomic mass is 127. The normalized spacial score (nSPS) is 14.3. The zero-order valence-electron chi connectivity index (χ0n) is 19.2. The second-order valence-electron chi connectivity index (χ2n) is 8.57. The van der Waals surface area contributed by atoms with Crippen molar-refractivity contribution in [2.45, 2.75) is 18.8 Å². The molecule has 5 nitrogen and oxygen atoms in total. The predicted molar refractivity (Wildman–Crippen MR) is 146 cm³/mol. The van der Waals surface area contributed by atoms with Crippen molar-refractivity contribution in [3.05, 3.63) is 107 Å². The molecular weight excluding hydrogens is 554 g/mol. The van der Waals surface area contributed by atoms with Gasteiger partial charge in [0.25, 0.3) is 0 Å². The Morgan fingerprint density at radius 2 is 1.80 bits per heavy atom. The quantitative estimate of drug-likeness (QED) is 0.182. The minimum Gasteiger partial charge on any atom is -0.324 e. The molecule has 0 saturated carbocycles. The van der Waals surface area contributed by atoms with Crippen LogP contribution in [0.15, 0.2) is 79.0 Å². The highest BCUT2D eigenvalue weighted by Gasteiger charge is 2.28. The zero-order valence-corrected chi connectivity index (χ0v) is 21.3. The molecule has 0 saturated heterocycles. The number of fused-ring (bicyclic) bond motifs is 3. The lowest BCUT2D eigenvalue weighted by molar-refractivity contribution is 0.414. The Morgan fingerprint density at radius 3 is 2.66 bits per heavy atom. The molecule has 1 aliphatic rings. The van der Waals surface area contributed by atoms with Gasteiger partial charge in [-0.2, -0.15) is 0 Å². The fourth-order valence-corrected chi connectivity index (χ4v) is 4.85. The molecule has 0 bridgehead atoms. The zero-order chi connectivity index (χ0) is 24.0. The minimum absolute atomic E-state index is 0.0592. The van der Waals surface area contributed by atoms with Crippen molar-refractivity contribution < 1.29 is 7.46 Å². The van der Waals surface area contributed by atoms with Crippen molar-refractivity contribution in [1.82, 2.24) is 15.3 Å². The maximum Gasteiger partial charge on any atom is 0.227 e. The lowest BCUT2D eigenvalue weighted by atomic mass is 9.78. The Bertz CT molecular complexity index is 1320. The number of hydrogen-bond acceptors (Lipinski definition) is 5. The first kappa shape index (κ1) is 23.8. The Hall–Kier alpha value is -2.88. The largest absolute Gasteiger partial charge is 0.324 e. The molecule has 1 aromatic heterocycles. The maximum absolute atomic E-state index is 14.7. The number of halogens is 2. The summed E-state index contributed by atoms with van der Waals surface area (Å²) in [4.78, 5) is 9.48. The first-order valence-corrected chi connectivity index (χ1v) is 12.6. The van der Waals surface area contributed by atoms with E-state index < -0.39 is 0 Å². The summed E-state index contributed by atoms with van der Waals surface area (Å²) in [5.74, 6) is 0.316. The smallest absolute Gasteiger partial charge is 0.227 e. The van der Waals surface area contributed by atoms with Crippen molar-refractivity contribution in [1.29, 1.82) is 0 Å². The molecule has 0 aliphatic heterocycles. The first-order chi connectivity index (χ1) is 17.2. The van der Waals surface area contributed by atoms with Gasteiger partial charge in [-0.05, 0) is 59.8 Å². The van der Waals surface area contributed by atoms with Crippen molar-refractivity contribution >= 4 is 34.6 Å². The molecule has 5 rings (SSSR count). The number of aromatic nitrogens is 2. The highest BCUT2D eigenvalue weighted by molar-refractivity contribution is 14.1. The summed E-state index contributed by atoms with van der Waals surface area (Å²) in [5.41, 5.74) is 6.95. The van der Waals surface area contributed by atoms with Gasteiger partial charge in [-0.3, -0.25) is 0 Å². The average molecular weight is 580 g/mol. The van der Waals surface area contributed by atoms with E-state index in [9.17, 15) is 4.39 Å². The van der Waals surface area contributed by atoms with Gasteiger partial charge in [-0.25, -0.2) is 14.4 Å². The van der Waals surface area contributed by atoms with Crippen LogP contribution in [-0.4, -0.2) is 29.7 Å². The summed E-state index contributed by atoms with van der Waals surface area (Å²) >= 11 is 1.91. The minimum atomic E-state index is -0.177. The third kappa shape index (κ3) is 5.52. The monoisotopic (exact) mass is 580 g/mol. The molecule has 2 N–H and O–H groups in total. The topological polar surface area (TPSA) is 59.1 Å². The number of nitrogens with zero attached hydrogens (tertiary/aromatic N) is 2. The standard InChI is InChI=1S/C28H26FIN4O/c29-26-11-4-3-9-23(26)25-17-20-18-32-28(34-27(20)24-10-2-1-8-22(24)25)33-21-7-5-6-19(16-21)12-13-31-14-15-35-30/h1-11,16,18,25,31H,12-15,17H2,(H,32,33,34)/t25-/m1/s1. The van der Waals surface area contributed by atoms with E-state index in [1.807, 2.05) is 65.6 Å². The van der Waals surface area contributed by atoms with E-state index in [1.54, 1.807) is 6.07 Å². The summed E-state index contributed by atoms with van der Waals surface area (Å²) < 4.78 is 19.7. The Kier molecular flexibility index (Phi) is 7.66. The fourth-order valence-electron chi connectivity index (χ4n) is 4.63. The lowest BCUT2D eigenvalue weighted by Crippen LogP contribution is -2.21. The SMILES string of the molecule is Fc1ccccc1[C@@H]1Cc2cnc(Nc3cccc(CCNCCOI)c3)nc2-c2ccccc21. The molecular formula is C28H26FIN4O. The highest BCUT2D eigenvalue weighted by Crippen LogP contribution is 2.42. The van der Waals surface area contributed by atoms with E-state index in [0.717, 1.165) is 47.6 Å². The lowest BCUT2D eigenvalue weighted by Gasteiger charge is -2.27. The van der Waals surface area contributed by atoms with Crippen LogP contribution in [0, 0.1) is 5.82 Å². The molecule has 1 heterocycles. The van der Waals surface area contributed by atoms with E-state index in [1.165, 1.54) is 11.6 Å². The third-order valence-corrected chi connectivity index (χ3v) is 6.73. The molecule has 178 valence electrons. The molecule has 4 aromatic rings. The summed E-state index contributed by atoms with van der Waals surface area (Å²) in [6, 6.07) is 23.5. The molecule has 0 unspecified atom stereocenters. The van der Waals surface area contributed by atoms with Crippen LogP contribution in [0.3, 0.4) is 0 Å². The summed E-state index contributed by atoms with van der Waals surface area (Å²) in [6.07, 6.45) is 3.46. The van der Waals surface area contributed by atoms with E-state index >= 15 is 0 Å². The summed E-state index contributed by atoms with van der Waals surface area (Å²) in [5, 5.41) is 6.73. The van der Waals surface area contributed by atoms with Gasteiger partial charge in [0.1, 0.15) is 28.8 Å². The number of anilines is 2. The second kappa shape index (κ2) is 11.2. The van der Waals surface area contributed by atoms with Crippen molar-refractivity contribution in [2.75, 3.05) is 25.0 Å². The van der Waals surface area contributed by atoms with Gasteiger partial charge in [0.15, 0.2) is 0 Å². The molecule has 0 radical (unpaired) electrons. The Balaban J connectivity index is 1.37. The fraction of sp³-hybridized carbons (Fsp3) is 0.214. The van der Waals surface area contributed by atoms with E-state index in [4.69, 9.17) is 8.05 Å².